The number of anilines is 1. The van der Waals surface area contributed by atoms with Crippen LogP contribution in [0.15, 0.2) is 42.6 Å². The number of urea groups is 1. The van der Waals surface area contributed by atoms with Crippen molar-refractivity contribution in [3.05, 3.63) is 53.9 Å². The van der Waals surface area contributed by atoms with Gasteiger partial charge in [-0.15, -0.1) is 13.2 Å². The highest BCUT2D eigenvalue weighted by Gasteiger charge is 2.34. The Morgan fingerprint density at radius 1 is 1.02 bits per heavy atom. The summed E-state index contributed by atoms with van der Waals surface area (Å²) in [6, 6.07) is 7.67. The van der Waals surface area contributed by atoms with Gasteiger partial charge in [0.1, 0.15) is 11.4 Å². The molecule has 0 bridgehead atoms. The molecule has 0 spiro atoms. The minimum atomic E-state index is -4.81. The number of aromatic nitrogens is 1. The molecule has 12 heteroatoms. The van der Waals surface area contributed by atoms with Gasteiger partial charge < -0.3 is 25.4 Å². The Morgan fingerprint density at radius 3 is 2.20 bits per heavy atom. The number of carboxylic acids is 1. The zero-order valence-electron chi connectivity index (χ0n) is 22.8. The largest absolute Gasteiger partial charge is 0.573 e. The molecular weight excluding hydrogens is 529 g/mol. The van der Waals surface area contributed by atoms with Gasteiger partial charge >= 0.3 is 18.4 Å². The van der Waals surface area contributed by atoms with Gasteiger partial charge in [-0.05, 0) is 72.9 Å². The highest BCUT2D eigenvalue weighted by molar-refractivity contribution is 5.92. The molecule has 2 aromatic rings. The van der Waals surface area contributed by atoms with E-state index in [0.717, 1.165) is 37.8 Å². The number of halogens is 3. The lowest BCUT2D eigenvalue weighted by molar-refractivity contribution is -0.274. The second-order valence-corrected chi connectivity index (χ2v) is 11.0. The van der Waals surface area contributed by atoms with Crippen LogP contribution in [-0.4, -0.2) is 51.8 Å². The number of carbonyl (C=O) groups is 3. The van der Waals surface area contributed by atoms with E-state index in [2.05, 4.69) is 41.1 Å². The van der Waals surface area contributed by atoms with Gasteiger partial charge in [0.2, 0.25) is 0 Å². The lowest BCUT2D eigenvalue weighted by Gasteiger charge is -2.41. The molecule has 1 aliphatic carbocycles. The third kappa shape index (κ3) is 9.42. The zero-order valence-corrected chi connectivity index (χ0v) is 22.8. The van der Waals surface area contributed by atoms with Gasteiger partial charge in [-0.25, -0.2) is 4.79 Å². The SMILES string of the molecule is CC(C)(C)C1CCC(N(Cc2ccc(C(=O)NCCC(=O)O)nc2)C(=O)Nc2ccc(OC(F)(F)F)cc2)CC1. The topological polar surface area (TPSA) is 121 Å². The number of rotatable bonds is 9. The Hall–Kier alpha value is -3.83. The minimum Gasteiger partial charge on any atom is -0.481 e. The van der Waals surface area contributed by atoms with E-state index in [1.807, 2.05) is 0 Å². The van der Waals surface area contributed by atoms with Crippen molar-refractivity contribution in [3.63, 3.8) is 0 Å². The third-order valence-electron chi connectivity index (χ3n) is 7.00. The second-order valence-electron chi connectivity index (χ2n) is 11.0. The monoisotopic (exact) mass is 564 g/mol. The lowest BCUT2D eigenvalue weighted by Crippen LogP contribution is -2.45. The first-order valence-electron chi connectivity index (χ1n) is 13.1. The van der Waals surface area contributed by atoms with Gasteiger partial charge in [0, 0.05) is 31.0 Å². The molecule has 3 rings (SSSR count). The smallest absolute Gasteiger partial charge is 0.481 e. The number of aliphatic carboxylic acids is 1. The third-order valence-corrected chi connectivity index (χ3v) is 7.00. The van der Waals surface area contributed by atoms with Crippen LogP contribution < -0.4 is 15.4 Å². The summed E-state index contributed by atoms with van der Waals surface area (Å²) in [4.78, 5) is 42.2. The molecule has 0 atom stereocenters. The first kappa shape index (κ1) is 30.7. The van der Waals surface area contributed by atoms with Gasteiger partial charge in [-0.3, -0.25) is 14.6 Å². The zero-order chi connectivity index (χ0) is 29.5. The fourth-order valence-corrected chi connectivity index (χ4v) is 4.78. The number of nitrogens with one attached hydrogen (secondary N) is 2. The summed E-state index contributed by atoms with van der Waals surface area (Å²) in [7, 11) is 0. The molecule has 0 unspecified atom stereocenters. The van der Waals surface area contributed by atoms with Crippen molar-refractivity contribution in [2.24, 2.45) is 11.3 Å². The molecule has 0 radical (unpaired) electrons. The van der Waals surface area contributed by atoms with Crippen LogP contribution in [0.4, 0.5) is 23.7 Å². The molecule has 3 amide bonds. The van der Waals surface area contributed by atoms with E-state index >= 15 is 0 Å². The number of nitrogens with zero attached hydrogens (tertiary/aromatic N) is 2. The molecule has 3 N–H and O–H groups in total. The van der Waals surface area contributed by atoms with Crippen molar-refractivity contribution in [2.75, 3.05) is 11.9 Å². The number of amides is 3. The molecule has 0 saturated heterocycles. The average Bonchev–Trinajstić information content (AvgIpc) is 2.87. The number of hydrogen-bond donors (Lipinski definition) is 3. The van der Waals surface area contributed by atoms with Crippen LogP contribution in [0.5, 0.6) is 5.75 Å². The molecule has 40 heavy (non-hydrogen) atoms. The maximum Gasteiger partial charge on any atom is 0.573 e. The van der Waals surface area contributed by atoms with Gasteiger partial charge in [0.15, 0.2) is 0 Å². The average molecular weight is 565 g/mol. The first-order valence-corrected chi connectivity index (χ1v) is 13.1. The summed E-state index contributed by atoms with van der Waals surface area (Å²) in [5.41, 5.74) is 1.28. The summed E-state index contributed by atoms with van der Waals surface area (Å²) >= 11 is 0. The number of carboxylic acid groups (broad SMARTS) is 1. The summed E-state index contributed by atoms with van der Waals surface area (Å²) < 4.78 is 41.3. The minimum absolute atomic E-state index is 0.0217. The highest BCUT2D eigenvalue weighted by atomic mass is 19.4. The molecule has 1 aliphatic rings. The summed E-state index contributed by atoms with van der Waals surface area (Å²) in [6.45, 7) is 6.81. The quantitative estimate of drug-likeness (QED) is 0.353. The van der Waals surface area contributed by atoms with E-state index in [1.165, 1.54) is 24.4 Å². The number of hydrogen-bond acceptors (Lipinski definition) is 5. The molecule has 1 fully saturated rings. The number of pyridine rings is 1. The molecule has 1 aromatic carbocycles. The maximum absolute atomic E-state index is 13.4. The molecule has 218 valence electrons. The van der Waals surface area contributed by atoms with Crippen molar-refractivity contribution in [2.45, 2.75) is 71.8 Å². The van der Waals surface area contributed by atoms with Crippen LogP contribution in [0.2, 0.25) is 0 Å². The van der Waals surface area contributed by atoms with Crippen LogP contribution in [0.3, 0.4) is 0 Å². The van der Waals surface area contributed by atoms with E-state index < -0.39 is 24.3 Å². The van der Waals surface area contributed by atoms with Gasteiger partial charge in [-0.2, -0.15) is 0 Å². The fourth-order valence-electron chi connectivity index (χ4n) is 4.78. The van der Waals surface area contributed by atoms with Gasteiger partial charge in [0.05, 0.1) is 6.42 Å². The number of alkyl halides is 3. The van der Waals surface area contributed by atoms with Crippen molar-refractivity contribution in [3.8, 4) is 5.75 Å². The number of carbonyl (C=O) groups excluding carboxylic acids is 2. The Labute approximate surface area is 231 Å². The van der Waals surface area contributed by atoms with Gasteiger partial charge in [-0.1, -0.05) is 26.8 Å². The van der Waals surface area contributed by atoms with E-state index in [-0.39, 0.29) is 42.4 Å². The summed E-state index contributed by atoms with van der Waals surface area (Å²) in [5.74, 6) is -1.39. The predicted octanol–water partition coefficient (Wildman–Crippen LogP) is 5.82. The van der Waals surface area contributed by atoms with E-state index in [1.54, 1.807) is 11.0 Å². The molecule has 1 aromatic heterocycles. The normalized spacial score (nSPS) is 17.6. The van der Waals surface area contributed by atoms with E-state index in [4.69, 9.17) is 5.11 Å². The Kier molecular flexibility index (Phi) is 9.99. The summed E-state index contributed by atoms with van der Waals surface area (Å²) in [5, 5.41) is 14.0. The lowest BCUT2D eigenvalue weighted by atomic mass is 9.71. The Bertz CT molecular complexity index is 1160. The van der Waals surface area contributed by atoms with Crippen molar-refractivity contribution in [1.29, 1.82) is 0 Å². The van der Waals surface area contributed by atoms with Crippen LogP contribution in [0, 0.1) is 11.3 Å². The van der Waals surface area contributed by atoms with Crippen LogP contribution in [0.25, 0.3) is 0 Å². The summed E-state index contributed by atoms with van der Waals surface area (Å²) in [6.07, 6.45) is -0.0171. The van der Waals surface area contributed by atoms with Crippen molar-refractivity contribution < 1.29 is 37.4 Å². The first-order chi connectivity index (χ1) is 18.7. The van der Waals surface area contributed by atoms with Gasteiger partial charge in [0.25, 0.3) is 5.91 Å². The standard InChI is InChI=1S/C28H35F3N4O5/c1-27(2,3)19-5-9-21(10-6-19)35(26(39)34-20-7-11-22(12-8-20)40-28(29,30)31)17-18-4-13-23(33-16-18)25(38)32-15-14-24(36)37/h4,7-8,11-13,16,19,21H,5-6,9-10,14-15,17H2,1-3H3,(H,32,38)(H,34,39)(H,36,37). The van der Waals surface area contributed by atoms with Crippen LogP contribution >= 0.6 is 0 Å². The Balaban J connectivity index is 1.72. The molecule has 1 saturated carbocycles. The number of benzene rings is 1. The predicted molar refractivity (Wildman–Crippen MR) is 142 cm³/mol. The van der Waals surface area contributed by atoms with Crippen molar-refractivity contribution in [1.82, 2.24) is 15.2 Å². The fraction of sp³-hybridized carbons (Fsp3) is 0.500. The number of ether oxygens (including phenoxy) is 1. The van der Waals surface area contributed by atoms with E-state index in [0.29, 0.717) is 17.2 Å². The second kappa shape index (κ2) is 13.0. The maximum atomic E-state index is 13.4. The molecular formula is C28H35F3N4O5. The molecule has 9 nitrogen and oxygen atoms in total. The van der Waals surface area contributed by atoms with Crippen LogP contribution in [0.1, 0.15) is 68.9 Å². The highest BCUT2D eigenvalue weighted by Crippen LogP contribution is 2.39. The van der Waals surface area contributed by atoms with Crippen LogP contribution in [-0.2, 0) is 11.3 Å². The molecule has 1 heterocycles. The molecule has 0 aliphatic heterocycles. The van der Waals surface area contributed by atoms with E-state index in [9.17, 15) is 27.6 Å². The Morgan fingerprint density at radius 2 is 1.68 bits per heavy atom. The van der Waals surface area contributed by atoms with Crippen molar-refractivity contribution >= 4 is 23.6 Å².